The maximum Gasteiger partial charge on any atom is 0.411 e. The normalized spacial score (nSPS) is 12.1. The van der Waals surface area contributed by atoms with Gasteiger partial charge in [-0.15, -0.1) is 0 Å². The van der Waals surface area contributed by atoms with Gasteiger partial charge in [-0.05, 0) is 12.0 Å². The van der Waals surface area contributed by atoms with Crippen LogP contribution >= 0.6 is 0 Å². The average Bonchev–Trinajstić information content (AvgIpc) is 2.41. The highest BCUT2D eigenvalue weighted by Gasteiger charge is 2.27. The molecule has 0 bridgehead atoms. The van der Waals surface area contributed by atoms with Gasteiger partial charge in [0, 0.05) is 26.2 Å². The number of halogens is 3. The van der Waals surface area contributed by atoms with E-state index in [0.717, 1.165) is 13.0 Å². The predicted molar refractivity (Wildman–Crippen MR) is 72.5 cm³/mol. The molecule has 0 heterocycles. The molecule has 0 aliphatic heterocycles. The smallest absolute Gasteiger partial charge is 0.371 e. The summed E-state index contributed by atoms with van der Waals surface area (Å²) in [6.07, 6.45) is -3.41. The molecule has 1 rings (SSSR count). The summed E-state index contributed by atoms with van der Waals surface area (Å²) in [5, 5.41) is 0. The Morgan fingerprint density at radius 1 is 1.05 bits per heavy atom. The third-order valence-corrected chi connectivity index (χ3v) is 2.82. The van der Waals surface area contributed by atoms with Crippen LogP contribution < -0.4 is 5.73 Å². The van der Waals surface area contributed by atoms with Crippen LogP contribution in [0.4, 0.5) is 13.2 Å². The van der Waals surface area contributed by atoms with E-state index in [4.69, 9.17) is 5.73 Å². The molecule has 0 amide bonds. The van der Waals surface area contributed by atoms with E-state index in [1.807, 2.05) is 35.2 Å². The van der Waals surface area contributed by atoms with Crippen molar-refractivity contribution in [2.75, 3.05) is 39.4 Å². The minimum atomic E-state index is -4.26. The van der Waals surface area contributed by atoms with Gasteiger partial charge in [0.1, 0.15) is 6.61 Å². The summed E-state index contributed by atoms with van der Waals surface area (Å²) in [7, 11) is 0. The van der Waals surface area contributed by atoms with E-state index in [1.54, 1.807) is 0 Å². The Labute approximate surface area is 117 Å². The molecule has 0 saturated carbocycles. The van der Waals surface area contributed by atoms with Gasteiger partial charge in [-0.1, -0.05) is 30.3 Å². The van der Waals surface area contributed by atoms with Crippen LogP contribution in [0.2, 0.25) is 0 Å². The largest absolute Gasteiger partial charge is 0.411 e. The van der Waals surface area contributed by atoms with E-state index in [-0.39, 0.29) is 6.61 Å². The van der Waals surface area contributed by atoms with Crippen molar-refractivity contribution in [1.29, 1.82) is 0 Å². The number of benzene rings is 1. The molecule has 0 aliphatic rings. The Morgan fingerprint density at radius 3 is 2.35 bits per heavy atom. The number of hydrogen-bond donors (Lipinski definition) is 1. The van der Waals surface area contributed by atoms with Crippen molar-refractivity contribution in [3.05, 3.63) is 35.9 Å². The number of nitrogens with zero attached hydrogens (tertiary/aromatic N) is 1. The summed E-state index contributed by atoms with van der Waals surface area (Å²) in [5.74, 6) is 0. The van der Waals surface area contributed by atoms with Crippen molar-refractivity contribution in [1.82, 2.24) is 4.90 Å². The molecule has 0 spiro atoms. The summed E-state index contributed by atoms with van der Waals surface area (Å²) in [6.45, 7) is 1.23. The Hall–Kier alpha value is -1.11. The molecule has 6 heteroatoms. The Kier molecular flexibility index (Phi) is 7.58. The van der Waals surface area contributed by atoms with Gasteiger partial charge in [0.05, 0.1) is 6.61 Å². The molecule has 20 heavy (non-hydrogen) atoms. The highest BCUT2D eigenvalue weighted by atomic mass is 19.4. The van der Waals surface area contributed by atoms with Gasteiger partial charge in [0.25, 0.3) is 0 Å². The molecule has 0 saturated heterocycles. The van der Waals surface area contributed by atoms with Crippen LogP contribution in [0.15, 0.2) is 30.3 Å². The molecule has 0 fully saturated rings. The number of nitrogens with two attached hydrogens (primary N) is 1. The molecule has 1 aromatic rings. The lowest BCUT2D eigenvalue weighted by atomic mass is 10.1. The van der Waals surface area contributed by atoms with Crippen LogP contribution in [0.1, 0.15) is 5.56 Å². The zero-order valence-electron chi connectivity index (χ0n) is 11.4. The maximum atomic E-state index is 11.9. The SMILES string of the molecule is NCCN(CCOCC(F)(F)F)CCc1ccccc1. The van der Waals surface area contributed by atoms with E-state index < -0.39 is 12.8 Å². The topological polar surface area (TPSA) is 38.5 Å². The quantitative estimate of drug-likeness (QED) is 0.708. The summed E-state index contributed by atoms with van der Waals surface area (Å²) in [5.41, 5.74) is 6.71. The van der Waals surface area contributed by atoms with E-state index in [0.29, 0.717) is 19.6 Å². The molecule has 3 nitrogen and oxygen atoms in total. The van der Waals surface area contributed by atoms with Crippen molar-refractivity contribution < 1.29 is 17.9 Å². The van der Waals surface area contributed by atoms with Gasteiger partial charge in [-0.3, -0.25) is 4.90 Å². The van der Waals surface area contributed by atoms with Crippen LogP contribution in [0.5, 0.6) is 0 Å². The van der Waals surface area contributed by atoms with Gasteiger partial charge < -0.3 is 10.5 Å². The van der Waals surface area contributed by atoms with Gasteiger partial charge in [0.15, 0.2) is 0 Å². The van der Waals surface area contributed by atoms with Crippen molar-refractivity contribution in [3.8, 4) is 0 Å². The highest BCUT2D eigenvalue weighted by Crippen LogP contribution is 2.14. The fourth-order valence-electron chi connectivity index (χ4n) is 1.83. The van der Waals surface area contributed by atoms with Crippen LogP contribution in [0.3, 0.4) is 0 Å². The van der Waals surface area contributed by atoms with Crippen molar-refractivity contribution in [2.45, 2.75) is 12.6 Å². The van der Waals surface area contributed by atoms with Crippen molar-refractivity contribution >= 4 is 0 Å². The van der Waals surface area contributed by atoms with Gasteiger partial charge in [-0.2, -0.15) is 13.2 Å². The van der Waals surface area contributed by atoms with E-state index in [2.05, 4.69) is 4.74 Å². The minimum absolute atomic E-state index is 0.0638. The standard InChI is InChI=1S/C14H21F3N2O/c15-14(16,17)12-20-11-10-19(9-7-18)8-6-13-4-2-1-3-5-13/h1-5H,6-12,18H2. The number of ether oxygens (including phenoxy) is 1. The Morgan fingerprint density at radius 2 is 1.75 bits per heavy atom. The lowest BCUT2D eigenvalue weighted by molar-refractivity contribution is -0.174. The molecule has 0 radical (unpaired) electrons. The summed E-state index contributed by atoms with van der Waals surface area (Å²) >= 11 is 0. The third-order valence-electron chi connectivity index (χ3n) is 2.82. The van der Waals surface area contributed by atoms with Gasteiger partial charge >= 0.3 is 6.18 Å². The first-order valence-electron chi connectivity index (χ1n) is 6.62. The van der Waals surface area contributed by atoms with Crippen LogP contribution in [0.25, 0.3) is 0 Å². The second-order valence-electron chi connectivity index (χ2n) is 4.53. The summed E-state index contributed by atoms with van der Waals surface area (Å²) in [6, 6.07) is 9.94. The van der Waals surface area contributed by atoms with Crippen LogP contribution in [-0.4, -0.2) is 50.5 Å². The predicted octanol–water partition coefficient (Wildman–Crippen LogP) is 2.07. The fraction of sp³-hybridized carbons (Fsp3) is 0.571. The van der Waals surface area contributed by atoms with Gasteiger partial charge in [-0.25, -0.2) is 0 Å². The summed E-state index contributed by atoms with van der Waals surface area (Å²) in [4.78, 5) is 2.02. The van der Waals surface area contributed by atoms with Crippen LogP contribution in [-0.2, 0) is 11.2 Å². The Bertz CT molecular complexity index is 357. The first kappa shape index (κ1) is 16.9. The average molecular weight is 290 g/mol. The van der Waals surface area contributed by atoms with E-state index >= 15 is 0 Å². The third kappa shape index (κ3) is 8.14. The molecule has 1 aromatic carbocycles. The second kappa shape index (κ2) is 8.94. The van der Waals surface area contributed by atoms with Gasteiger partial charge in [0.2, 0.25) is 0 Å². The lowest BCUT2D eigenvalue weighted by Crippen LogP contribution is -2.34. The Balaban J connectivity index is 2.26. The number of rotatable bonds is 9. The second-order valence-corrected chi connectivity index (χ2v) is 4.53. The lowest BCUT2D eigenvalue weighted by Gasteiger charge is -2.21. The van der Waals surface area contributed by atoms with E-state index in [1.165, 1.54) is 5.56 Å². The van der Waals surface area contributed by atoms with Crippen molar-refractivity contribution in [3.63, 3.8) is 0 Å². The first-order chi connectivity index (χ1) is 9.51. The van der Waals surface area contributed by atoms with Crippen molar-refractivity contribution in [2.24, 2.45) is 5.73 Å². The molecule has 0 aromatic heterocycles. The molecule has 0 atom stereocenters. The molecule has 2 N–H and O–H groups in total. The zero-order valence-corrected chi connectivity index (χ0v) is 11.4. The maximum absolute atomic E-state index is 11.9. The molecular weight excluding hydrogens is 269 g/mol. The monoisotopic (exact) mass is 290 g/mol. The van der Waals surface area contributed by atoms with E-state index in [9.17, 15) is 13.2 Å². The summed E-state index contributed by atoms with van der Waals surface area (Å²) < 4.78 is 40.4. The molecular formula is C14H21F3N2O. The fourth-order valence-corrected chi connectivity index (χ4v) is 1.83. The number of hydrogen-bond acceptors (Lipinski definition) is 3. The molecule has 114 valence electrons. The van der Waals surface area contributed by atoms with Crippen LogP contribution in [0, 0.1) is 0 Å². The minimum Gasteiger partial charge on any atom is -0.371 e. The molecule has 0 unspecified atom stereocenters. The first-order valence-corrected chi connectivity index (χ1v) is 6.62. The zero-order chi connectivity index (χ0) is 14.8. The highest BCUT2D eigenvalue weighted by molar-refractivity contribution is 5.14. The number of alkyl halides is 3. The molecule has 0 aliphatic carbocycles.